The van der Waals surface area contributed by atoms with Gasteiger partial charge in [0.1, 0.15) is 6.61 Å². The molecule has 2 aromatic rings. The number of hydrogen-bond donors (Lipinski definition) is 1. The molecule has 2 rings (SSSR count). The van der Waals surface area contributed by atoms with E-state index in [-0.39, 0.29) is 25.4 Å². The summed E-state index contributed by atoms with van der Waals surface area (Å²) in [6.45, 7) is 0.268. The topological polar surface area (TPSA) is 102 Å². The molecule has 25 heavy (non-hydrogen) atoms. The van der Waals surface area contributed by atoms with Crippen LogP contribution in [0.2, 0.25) is 0 Å². The number of ether oxygens (including phenoxy) is 2. The Morgan fingerprint density at radius 3 is 2.56 bits per heavy atom. The lowest BCUT2D eigenvalue weighted by Crippen LogP contribution is -2.32. The predicted molar refractivity (Wildman–Crippen MR) is 90.0 cm³/mol. The Morgan fingerprint density at radius 2 is 1.92 bits per heavy atom. The lowest BCUT2D eigenvalue weighted by atomic mass is 10.2. The summed E-state index contributed by atoms with van der Waals surface area (Å²) in [4.78, 5) is 22.8. The van der Waals surface area contributed by atoms with Gasteiger partial charge in [0.05, 0.1) is 18.6 Å². The maximum Gasteiger partial charge on any atom is 0.407 e. The molecule has 0 radical (unpaired) electrons. The highest BCUT2D eigenvalue weighted by Gasteiger charge is 2.15. The molecule has 2 aromatic carbocycles. The van der Waals surface area contributed by atoms with Gasteiger partial charge in [-0.2, -0.15) is 0 Å². The van der Waals surface area contributed by atoms with E-state index in [2.05, 4.69) is 0 Å². The summed E-state index contributed by atoms with van der Waals surface area (Å²) in [6.07, 6.45) is -1.13. The van der Waals surface area contributed by atoms with Gasteiger partial charge in [-0.15, -0.1) is 0 Å². The van der Waals surface area contributed by atoms with Crippen LogP contribution < -0.4 is 9.47 Å². The molecule has 8 heteroatoms. The number of benzene rings is 2. The summed E-state index contributed by atoms with van der Waals surface area (Å²) in [7, 11) is 1.52. The van der Waals surface area contributed by atoms with Gasteiger partial charge in [0.15, 0.2) is 11.5 Å². The number of para-hydroxylation sites is 2. The molecule has 1 N–H and O–H groups in total. The van der Waals surface area contributed by atoms with Crippen LogP contribution in [0, 0.1) is 10.1 Å². The van der Waals surface area contributed by atoms with Gasteiger partial charge in [0.25, 0.3) is 5.69 Å². The summed E-state index contributed by atoms with van der Waals surface area (Å²) < 4.78 is 10.7. The molecule has 0 aliphatic rings. The van der Waals surface area contributed by atoms with E-state index in [1.54, 1.807) is 30.3 Å². The minimum atomic E-state index is -1.13. The van der Waals surface area contributed by atoms with E-state index < -0.39 is 11.0 Å². The van der Waals surface area contributed by atoms with Crippen molar-refractivity contribution >= 4 is 11.8 Å². The van der Waals surface area contributed by atoms with Crippen LogP contribution in [0.15, 0.2) is 48.5 Å². The van der Waals surface area contributed by atoms with E-state index in [4.69, 9.17) is 9.47 Å². The van der Waals surface area contributed by atoms with Crippen molar-refractivity contribution in [3.05, 3.63) is 64.2 Å². The van der Waals surface area contributed by atoms with Gasteiger partial charge >= 0.3 is 6.09 Å². The average molecular weight is 346 g/mol. The average Bonchev–Trinajstić information content (AvgIpc) is 2.61. The molecule has 0 saturated carbocycles. The van der Waals surface area contributed by atoms with Crippen LogP contribution in [0.5, 0.6) is 11.5 Å². The van der Waals surface area contributed by atoms with Gasteiger partial charge in [-0.3, -0.25) is 10.1 Å². The first-order chi connectivity index (χ1) is 12.0. The first-order valence-corrected chi connectivity index (χ1v) is 7.48. The Balaban J connectivity index is 1.98. The van der Waals surface area contributed by atoms with Crippen LogP contribution in [-0.2, 0) is 6.54 Å². The van der Waals surface area contributed by atoms with Gasteiger partial charge in [-0.1, -0.05) is 24.3 Å². The van der Waals surface area contributed by atoms with Gasteiger partial charge < -0.3 is 19.5 Å². The smallest absolute Gasteiger partial charge is 0.407 e. The molecule has 8 nitrogen and oxygen atoms in total. The zero-order valence-electron chi connectivity index (χ0n) is 13.6. The molecule has 0 aliphatic carbocycles. The van der Waals surface area contributed by atoms with E-state index in [0.717, 1.165) is 4.90 Å². The Bertz CT molecular complexity index is 749. The van der Waals surface area contributed by atoms with Crippen molar-refractivity contribution in [2.45, 2.75) is 6.54 Å². The normalized spacial score (nSPS) is 10.1. The molecule has 0 heterocycles. The standard InChI is InChI=1S/C17H18N2O6/c1-24-15-7-2-3-8-16(15)25-10-9-18(17(20)21)12-13-5-4-6-14(11-13)19(22)23/h2-8,11H,9-10,12H2,1H3,(H,20,21). The summed E-state index contributed by atoms with van der Waals surface area (Å²) in [5, 5.41) is 20.1. The number of methoxy groups -OCH3 is 1. The molecule has 0 aromatic heterocycles. The second-order valence-electron chi connectivity index (χ2n) is 5.13. The number of carboxylic acid groups (broad SMARTS) is 1. The summed E-state index contributed by atoms with van der Waals surface area (Å²) in [6, 6.07) is 12.9. The minimum Gasteiger partial charge on any atom is -0.493 e. The fourth-order valence-electron chi connectivity index (χ4n) is 2.23. The van der Waals surface area contributed by atoms with Crippen molar-refractivity contribution in [1.82, 2.24) is 4.90 Å². The predicted octanol–water partition coefficient (Wildman–Crippen LogP) is 3.16. The van der Waals surface area contributed by atoms with Crippen LogP contribution in [0.3, 0.4) is 0 Å². The van der Waals surface area contributed by atoms with Crippen LogP contribution in [-0.4, -0.2) is 41.3 Å². The molecule has 0 saturated heterocycles. The largest absolute Gasteiger partial charge is 0.493 e. The first-order valence-electron chi connectivity index (χ1n) is 7.48. The van der Waals surface area contributed by atoms with Gasteiger partial charge in [-0.25, -0.2) is 4.79 Å². The summed E-state index contributed by atoms with van der Waals surface area (Å²) >= 11 is 0. The zero-order chi connectivity index (χ0) is 18.2. The number of non-ortho nitro benzene ring substituents is 1. The van der Waals surface area contributed by atoms with Gasteiger partial charge in [-0.05, 0) is 17.7 Å². The third kappa shape index (κ3) is 5.10. The van der Waals surface area contributed by atoms with E-state index in [0.29, 0.717) is 17.1 Å². The van der Waals surface area contributed by atoms with E-state index in [1.807, 2.05) is 0 Å². The Morgan fingerprint density at radius 1 is 1.20 bits per heavy atom. The molecule has 0 spiro atoms. The number of nitrogens with zero attached hydrogens (tertiary/aromatic N) is 2. The molecule has 0 fully saturated rings. The third-order valence-electron chi connectivity index (χ3n) is 3.45. The van der Waals surface area contributed by atoms with Crippen molar-refractivity contribution in [2.24, 2.45) is 0 Å². The first kappa shape index (κ1) is 18.1. The molecule has 0 aliphatic heterocycles. The highest BCUT2D eigenvalue weighted by atomic mass is 16.6. The highest BCUT2D eigenvalue weighted by Crippen LogP contribution is 2.25. The number of carbonyl (C=O) groups is 1. The Kier molecular flexibility index (Phi) is 6.16. The molecule has 132 valence electrons. The lowest BCUT2D eigenvalue weighted by molar-refractivity contribution is -0.384. The quantitative estimate of drug-likeness (QED) is 0.582. The number of nitro groups is 1. The molecular weight excluding hydrogens is 328 g/mol. The fourth-order valence-corrected chi connectivity index (χ4v) is 2.23. The molecule has 0 unspecified atom stereocenters. The number of hydrogen-bond acceptors (Lipinski definition) is 5. The van der Waals surface area contributed by atoms with Crippen molar-refractivity contribution in [3.8, 4) is 11.5 Å². The molecule has 1 amide bonds. The van der Waals surface area contributed by atoms with Crippen LogP contribution in [0.1, 0.15) is 5.56 Å². The van der Waals surface area contributed by atoms with E-state index in [1.165, 1.54) is 25.3 Å². The SMILES string of the molecule is COc1ccccc1OCCN(Cc1cccc([N+](=O)[O-])c1)C(=O)O. The van der Waals surface area contributed by atoms with Crippen molar-refractivity contribution in [3.63, 3.8) is 0 Å². The monoisotopic (exact) mass is 346 g/mol. The van der Waals surface area contributed by atoms with Crippen LogP contribution >= 0.6 is 0 Å². The third-order valence-corrected chi connectivity index (χ3v) is 3.45. The number of nitro benzene ring substituents is 1. The van der Waals surface area contributed by atoms with E-state index in [9.17, 15) is 20.0 Å². The number of rotatable bonds is 8. The van der Waals surface area contributed by atoms with E-state index >= 15 is 0 Å². The summed E-state index contributed by atoms with van der Waals surface area (Å²) in [5.41, 5.74) is 0.460. The minimum absolute atomic E-state index is 0.0340. The van der Waals surface area contributed by atoms with Crippen LogP contribution in [0.25, 0.3) is 0 Å². The zero-order valence-corrected chi connectivity index (χ0v) is 13.6. The Hall–Kier alpha value is -3.29. The van der Waals surface area contributed by atoms with Crippen molar-refractivity contribution in [2.75, 3.05) is 20.3 Å². The lowest BCUT2D eigenvalue weighted by Gasteiger charge is -2.20. The highest BCUT2D eigenvalue weighted by molar-refractivity contribution is 5.65. The van der Waals surface area contributed by atoms with Crippen molar-refractivity contribution < 1.29 is 24.3 Å². The number of amides is 1. The van der Waals surface area contributed by atoms with Gasteiger partial charge in [0.2, 0.25) is 0 Å². The maximum absolute atomic E-state index is 11.4. The molecule has 0 atom stereocenters. The fraction of sp³-hybridized carbons (Fsp3) is 0.235. The second kappa shape index (κ2) is 8.53. The molecule has 0 bridgehead atoms. The van der Waals surface area contributed by atoms with Crippen LogP contribution in [0.4, 0.5) is 10.5 Å². The maximum atomic E-state index is 11.4. The van der Waals surface area contributed by atoms with Gasteiger partial charge in [0, 0.05) is 18.7 Å². The van der Waals surface area contributed by atoms with Crippen molar-refractivity contribution in [1.29, 1.82) is 0 Å². The summed E-state index contributed by atoms with van der Waals surface area (Å²) in [5.74, 6) is 1.08. The Labute approximate surface area is 144 Å². The second-order valence-corrected chi connectivity index (χ2v) is 5.13. The molecular formula is C17H18N2O6.